The lowest BCUT2D eigenvalue weighted by Crippen LogP contribution is -2.39. The molecule has 4 rings (SSSR count). The van der Waals surface area contributed by atoms with Crippen molar-refractivity contribution in [2.24, 2.45) is 0 Å². The molecule has 0 atom stereocenters. The molecule has 1 fully saturated rings. The predicted molar refractivity (Wildman–Crippen MR) is 112 cm³/mol. The first-order valence-electron chi connectivity index (χ1n) is 10.0. The van der Waals surface area contributed by atoms with E-state index in [0.29, 0.717) is 19.1 Å². The largest absolute Gasteiger partial charge is 0.468 e. The highest BCUT2D eigenvalue weighted by molar-refractivity contribution is 5.96. The molecule has 1 aliphatic rings. The van der Waals surface area contributed by atoms with E-state index >= 15 is 0 Å². The van der Waals surface area contributed by atoms with Crippen LogP contribution in [0.5, 0.6) is 0 Å². The van der Waals surface area contributed by atoms with Gasteiger partial charge in [0.2, 0.25) is 5.91 Å². The van der Waals surface area contributed by atoms with Crippen molar-refractivity contribution in [2.75, 3.05) is 11.9 Å². The van der Waals surface area contributed by atoms with Crippen molar-refractivity contribution >= 4 is 11.6 Å². The Balaban J connectivity index is 1.48. The van der Waals surface area contributed by atoms with Gasteiger partial charge in [-0.05, 0) is 36.6 Å². The van der Waals surface area contributed by atoms with E-state index in [9.17, 15) is 4.79 Å². The number of furan rings is 1. The van der Waals surface area contributed by atoms with Crippen LogP contribution < -0.4 is 5.32 Å². The van der Waals surface area contributed by atoms with Gasteiger partial charge in [0.05, 0.1) is 19.4 Å². The molecular weight excluding hydrogens is 348 g/mol. The number of rotatable bonds is 7. The molecule has 1 N–H and O–H groups in total. The summed E-state index contributed by atoms with van der Waals surface area (Å²) < 4.78 is 5.53. The smallest absolute Gasteiger partial charge is 0.238 e. The quantitative estimate of drug-likeness (QED) is 0.608. The second kappa shape index (κ2) is 8.89. The number of amides is 1. The third-order valence-electron chi connectivity index (χ3n) is 5.41. The molecule has 1 aromatic heterocycles. The fourth-order valence-electron chi connectivity index (χ4n) is 4.02. The van der Waals surface area contributed by atoms with Crippen LogP contribution in [-0.2, 0) is 11.3 Å². The zero-order valence-electron chi connectivity index (χ0n) is 16.0. The molecule has 2 aromatic carbocycles. The van der Waals surface area contributed by atoms with Crippen molar-refractivity contribution in [2.45, 2.75) is 38.3 Å². The normalized spacial score (nSPS) is 14.5. The number of carbonyl (C=O) groups is 1. The number of anilines is 1. The van der Waals surface area contributed by atoms with E-state index in [1.165, 1.54) is 12.8 Å². The summed E-state index contributed by atoms with van der Waals surface area (Å²) in [4.78, 5) is 15.2. The van der Waals surface area contributed by atoms with Crippen molar-refractivity contribution in [1.82, 2.24) is 4.90 Å². The predicted octanol–water partition coefficient (Wildman–Crippen LogP) is 5.33. The van der Waals surface area contributed by atoms with Crippen LogP contribution in [0.2, 0.25) is 0 Å². The van der Waals surface area contributed by atoms with Gasteiger partial charge in [-0.3, -0.25) is 9.69 Å². The number of benzene rings is 2. The monoisotopic (exact) mass is 374 g/mol. The van der Waals surface area contributed by atoms with E-state index < -0.39 is 0 Å². The average molecular weight is 374 g/mol. The van der Waals surface area contributed by atoms with E-state index in [1.807, 2.05) is 54.6 Å². The third-order valence-corrected chi connectivity index (χ3v) is 5.41. The van der Waals surface area contributed by atoms with Gasteiger partial charge >= 0.3 is 0 Å². The van der Waals surface area contributed by atoms with Gasteiger partial charge < -0.3 is 9.73 Å². The van der Waals surface area contributed by atoms with E-state index in [1.54, 1.807) is 6.26 Å². The lowest BCUT2D eigenvalue weighted by molar-refractivity contribution is -0.118. The van der Waals surface area contributed by atoms with E-state index in [-0.39, 0.29) is 5.91 Å². The summed E-state index contributed by atoms with van der Waals surface area (Å²) in [7, 11) is 0. The Bertz CT molecular complexity index is 884. The molecule has 28 heavy (non-hydrogen) atoms. The first-order chi connectivity index (χ1) is 13.8. The van der Waals surface area contributed by atoms with Crippen molar-refractivity contribution in [3.05, 3.63) is 78.8 Å². The Morgan fingerprint density at radius 2 is 1.71 bits per heavy atom. The maximum atomic E-state index is 12.9. The maximum absolute atomic E-state index is 12.9. The van der Waals surface area contributed by atoms with Crippen molar-refractivity contribution in [3.63, 3.8) is 0 Å². The van der Waals surface area contributed by atoms with Crippen molar-refractivity contribution in [3.8, 4) is 11.1 Å². The van der Waals surface area contributed by atoms with Crippen LogP contribution >= 0.6 is 0 Å². The minimum Gasteiger partial charge on any atom is -0.468 e. The van der Waals surface area contributed by atoms with E-state index in [4.69, 9.17) is 4.42 Å². The highest BCUT2D eigenvalue weighted by Crippen LogP contribution is 2.28. The highest BCUT2D eigenvalue weighted by Gasteiger charge is 2.25. The highest BCUT2D eigenvalue weighted by atomic mass is 16.3. The molecule has 0 unspecified atom stereocenters. The summed E-state index contributed by atoms with van der Waals surface area (Å²) >= 11 is 0. The molecule has 0 saturated heterocycles. The molecule has 3 aromatic rings. The topological polar surface area (TPSA) is 45.5 Å². The van der Waals surface area contributed by atoms with Crippen molar-refractivity contribution < 1.29 is 9.21 Å². The Hall–Kier alpha value is -2.85. The van der Waals surface area contributed by atoms with Gasteiger partial charge in [0, 0.05) is 17.3 Å². The fraction of sp³-hybridized carbons (Fsp3) is 0.292. The standard InChI is InChI=1S/C24H26N2O2/c27-24(18-26(20-11-4-5-12-20)17-21-13-8-16-28-21)25-23-15-7-6-14-22(23)19-9-2-1-3-10-19/h1-3,6-10,13-16,20H,4-5,11-12,17-18H2,(H,25,27). The van der Waals surface area contributed by atoms with Gasteiger partial charge in [-0.2, -0.15) is 0 Å². The molecule has 1 amide bonds. The van der Waals surface area contributed by atoms with Gasteiger partial charge in [-0.1, -0.05) is 61.4 Å². The van der Waals surface area contributed by atoms with Gasteiger partial charge in [-0.25, -0.2) is 0 Å². The SMILES string of the molecule is O=C(CN(Cc1ccco1)C1CCCC1)Nc1ccccc1-c1ccccc1. The third kappa shape index (κ3) is 4.52. The number of para-hydroxylation sites is 1. The Morgan fingerprint density at radius 3 is 2.46 bits per heavy atom. The molecule has 1 saturated carbocycles. The average Bonchev–Trinajstić information content (AvgIpc) is 3.43. The molecule has 4 nitrogen and oxygen atoms in total. The fourth-order valence-corrected chi connectivity index (χ4v) is 4.02. The molecule has 1 aliphatic carbocycles. The number of hydrogen-bond acceptors (Lipinski definition) is 3. The van der Waals surface area contributed by atoms with Crippen LogP contribution in [0.3, 0.4) is 0 Å². The minimum atomic E-state index is 0.0156. The van der Waals surface area contributed by atoms with Gasteiger partial charge in [0.15, 0.2) is 0 Å². The van der Waals surface area contributed by atoms with Crippen LogP contribution in [0, 0.1) is 0 Å². The van der Waals surface area contributed by atoms with Crippen LogP contribution in [-0.4, -0.2) is 23.4 Å². The Kier molecular flexibility index (Phi) is 5.88. The summed E-state index contributed by atoms with van der Waals surface area (Å²) in [5, 5.41) is 3.13. The van der Waals surface area contributed by atoms with Crippen LogP contribution in [0.25, 0.3) is 11.1 Å². The molecule has 0 bridgehead atoms. The second-order valence-electron chi connectivity index (χ2n) is 7.38. The first-order valence-corrected chi connectivity index (χ1v) is 10.0. The number of carbonyl (C=O) groups excluding carboxylic acids is 1. The lowest BCUT2D eigenvalue weighted by atomic mass is 10.0. The lowest BCUT2D eigenvalue weighted by Gasteiger charge is -2.27. The molecule has 0 spiro atoms. The molecular formula is C24H26N2O2. The second-order valence-corrected chi connectivity index (χ2v) is 7.38. The van der Waals surface area contributed by atoms with Crippen molar-refractivity contribution in [1.29, 1.82) is 0 Å². The summed E-state index contributed by atoms with van der Waals surface area (Å²) in [5.41, 5.74) is 2.99. The molecule has 0 aliphatic heterocycles. The summed E-state index contributed by atoms with van der Waals surface area (Å²) in [6, 6.07) is 22.4. The molecule has 144 valence electrons. The number of nitrogens with one attached hydrogen (secondary N) is 1. The van der Waals surface area contributed by atoms with E-state index in [2.05, 4.69) is 22.3 Å². The molecule has 1 heterocycles. The minimum absolute atomic E-state index is 0.0156. The summed E-state index contributed by atoms with van der Waals surface area (Å²) in [5.74, 6) is 0.922. The zero-order valence-corrected chi connectivity index (χ0v) is 16.0. The first kappa shape index (κ1) is 18.5. The molecule has 0 radical (unpaired) electrons. The zero-order chi connectivity index (χ0) is 19.2. The maximum Gasteiger partial charge on any atom is 0.238 e. The van der Waals surface area contributed by atoms with Gasteiger partial charge in [0.1, 0.15) is 5.76 Å². The van der Waals surface area contributed by atoms with Gasteiger partial charge in [0.25, 0.3) is 0 Å². The summed E-state index contributed by atoms with van der Waals surface area (Å²) in [6.07, 6.45) is 6.46. The van der Waals surface area contributed by atoms with Crippen LogP contribution in [0.4, 0.5) is 5.69 Å². The Morgan fingerprint density at radius 1 is 0.964 bits per heavy atom. The van der Waals surface area contributed by atoms with Gasteiger partial charge in [-0.15, -0.1) is 0 Å². The Labute approximate surface area is 166 Å². The van der Waals surface area contributed by atoms with E-state index in [0.717, 1.165) is 35.4 Å². The number of hydrogen-bond donors (Lipinski definition) is 1. The molecule has 4 heteroatoms. The number of nitrogens with zero attached hydrogens (tertiary/aromatic N) is 1. The van der Waals surface area contributed by atoms with Crippen LogP contribution in [0.15, 0.2) is 77.4 Å². The summed E-state index contributed by atoms with van der Waals surface area (Å²) in [6.45, 7) is 1.04. The van der Waals surface area contributed by atoms with Crippen LogP contribution in [0.1, 0.15) is 31.4 Å².